The molecule has 0 amide bonds. The Morgan fingerprint density at radius 3 is 2.87 bits per heavy atom. The molecule has 1 N–H and O–H groups in total. The van der Waals surface area contributed by atoms with E-state index < -0.39 is 0 Å². The number of aromatic nitrogens is 3. The lowest BCUT2D eigenvalue weighted by Gasteiger charge is -2.01. The summed E-state index contributed by atoms with van der Waals surface area (Å²) in [6, 6.07) is 14.5. The molecular formula is C18H17N3OS. The second kappa shape index (κ2) is 5.74. The highest BCUT2D eigenvalue weighted by atomic mass is 32.2. The van der Waals surface area contributed by atoms with Crippen LogP contribution in [0.3, 0.4) is 0 Å². The van der Waals surface area contributed by atoms with Crippen LogP contribution >= 0.6 is 11.8 Å². The number of fused-ring (bicyclic) bond motifs is 2. The van der Waals surface area contributed by atoms with E-state index in [-0.39, 0.29) is 0 Å². The Balaban J connectivity index is 1.58. The van der Waals surface area contributed by atoms with Gasteiger partial charge in [0.15, 0.2) is 5.58 Å². The summed E-state index contributed by atoms with van der Waals surface area (Å²) in [5.74, 6) is 1.22. The molecule has 4 rings (SSSR count). The number of hydrogen-bond acceptors (Lipinski definition) is 4. The zero-order chi connectivity index (χ0) is 15.8. The number of para-hydroxylation sites is 1. The highest BCUT2D eigenvalue weighted by Gasteiger charge is 2.12. The molecule has 0 aliphatic heterocycles. The lowest BCUT2D eigenvalue weighted by atomic mass is 10.1. The second-order valence-electron chi connectivity index (χ2n) is 5.92. The maximum absolute atomic E-state index is 5.48. The summed E-state index contributed by atoms with van der Waals surface area (Å²) >= 11 is 1.73. The number of hydrogen-bond donors (Lipinski definition) is 1. The van der Waals surface area contributed by atoms with Gasteiger partial charge in [0, 0.05) is 16.5 Å². The maximum atomic E-state index is 5.48. The highest BCUT2D eigenvalue weighted by molar-refractivity contribution is 7.98. The Bertz CT molecular complexity index is 971. The number of rotatable bonds is 4. The lowest BCUT2D eigenvalue weighted by Crippen LogP contribution is -1.87. The Labute approximate surface area is 138 Å². The molecule has 0 radical (unpaired) electrons. The third kappa shape index (κ3) is 2.61. The van der Waals surface area contributed by atoms with Gasteiger partial charge in [0.05, 0.1) is 11.2 Å². The van der Waals surface area contributed by atoms with Gasteiger partial charge in [-0.25, -0.2) is 0 Å². The first-order chi connectivity index (χ1) is 11.2. The van der Waals surface area contributed by atoms with E-state index in [9.17, 15) is 0 Å². The van der Waals surface area contributed by atoms with Gasteiger partial charge in [-0.3, -0.25) is 5.10 Å². The fourth-order valence-corrected chi connectivity index (χ4v) is 3.63. The van der Waals surface area contributed by atoms with Gasteiger partial charge in [0.1, 0.15) is 5.03 Å². The van der Waals surface area contributed by atoms with Crippen molar-refractivity contribution in [3.63, 3.8) is 0 Å². The summed E-state index contributed by atoms with van der Waals surface area (Å²) in [5.41, 5.74) is 4.17. The van der Waals surface area contributed by atoms with E-state index >= 15 is 0 Å². The molecule has 0 spiro atoms. The number of nitrogens with zero attached hydrogens (tertiary/aromatic N) is 2. The molecule has 0 fully saturated rings. The second-order valence-corrected chi connectivity index (χ2v) is 6.88. The van der Waals surface area contributed by atoms with Crippen LogP contribution in [-0.2, 0) is 5.75 Å². The molecule has 0 saturated carbocycles. The van der Waals surface area contributed by atoms with Gasteiger partial charge in [-0.2, -0.15) is 5.10 Å². The van der Waals surface area contributed by atoms with Crippen LogP contribution in [0.15, 0.2) is 52.0 Å². The van der Waals surface area contributed by atoms with E-state index in [0.29, 0.717) is 5.92 Å². The quantitative estimate of drug-likeness (QED) is 0.530. The van der Waals surface area contributed by atoms with Crippen molar-refractivity contribution in [2.75, 3.05) is 0 Å². The molecule has 2 heterocycles. The van der Waals surface area contributed by atoms with Gasteiger partial charge in [-0.05, 0) is 29.7 Å². The number of thioether (sulfide) groups is 1. The number of benzene rings is 2. The molecule has 116 valence electrons. The summed E-state index contributed by atoms with van der Waals surface area (Å²) in [4.78, 5) is 0. The minimum absolute atomic E-state index is 0.367. The van der Waals surface area contributed by atoms with Crippen molar-refractivity contribution in [2.45, 2.75) is 30.5 Å². The predicted octanol–water partition coefficient (Wildman–Crippen LogP) is 5.12. The van der Waals surface area contributed by atoms with Crippen LogP contribution in [-0.4, -0.2) is 15.4 Å². The molecule has 5 heteroatoms. The number of nitrogens with one attached hydrogen (secondary N) is 1. The summed E-state index contributed by atoms with van der Waals surface area (Å²) in [7, 11) is 0. The minimum atomic E-state index is 0.367. The van der Waals surface area contributed by atoms with Crippen molar-refractivity contribution in [1.82, 2.24) is 15.4 Å². The van der Waals surface area contributed by atoms with Gasteiger partial charge < -0.3 is 4.52 Å². The van der Waals surface area contributed by atoms with Crippen molar-refractivity contribution in [3.05, 3.63) is 53.7 Å². The monoisotopic (exact) mass is 323 g/mol. The van der Waals surface area contributed by atoms with Gasteiger partial charge in [0.25, 0.3) is 0 Å². The summed E-state index contributed by atoms with van der Waals surface area (Å²) in [6.07, 6.45) is 0. The molecule has 23 heavy (non-hydrogen) atoms. The van der Waals surface area contributed by atoms with Crippen LogP contribution in [0.25, 0.3) is 21.9 Å². The Kier molecular flexibility index (Phi) is 3.58. The molecule has 2 aromatic carbocycles. The largest absolute Gasteiger partial charge is 0.356 e. The fraction of sp³-hybridized carbons (Fsp3) is 0.222. The van der Waals surface area contributed by atoms with Gasteiger partial charge in [-0.15, -0.1) is 0 Å². The summed E-state index contributed by atoms with van der Waals surface area (Å²) < 4.78 is 5.48. The molecule has 4 nitrogen and oxygen atoms in total. The maximum Gasteiger partial charge on any atom is 0.167 e. The molecule has 2 aromatic heterocycles. The third-order valence-corrected chi connectivity index (χ3v) is 4.98. The van der Waals surface area contributed by atoms with Crippen molar-refractivity contribution in [3.8, 4) is 0 Å². The van der Waals surface area contributed by atoms with Crippen molar-refractivity contribution in [1.29, 1.82) is 0 Å². The molecule has 0 atom stereocenters. The molecule has 0 aliphatic carbocycles. The summed E-state index contributed by atoms with van der Waals surface area (Å²) in [6.45, 7) is 4.26. The predicted molar refractivity (Wildman–Crippen MR) is 93.8 cm³/mol. The first kappa shape index (κ1) is 14.3. The van der Waals surface area contributed by atoms with Crippen molar-refractivity contribution in [2.24, 2.45) is 0 Å². The third-order valence-electron chi connectivity index (χ3n) is 3.92. The van der Waals surface area contributed by atoms with Crippen LogP contribution < -0.4 is 0 Å². The van der Waals surface area contributed by atoms with Crippen molar-refractivity contribution >= 4 is 33.6 Å². The van der Waals surface area contributed by atoms with Crippen LogP contribution in [0.4, 0.5) is 0 Å². The zero-order valence-corrected chi connectivity index (χ0v) is 13.9. The number of aromatic amines is 1. The van der Waals surface area contributed by atoms with E-state index in [4.69, 9.17) is 4.52 Å². The topological polar surface area (TPSA) is 54.7 Å². The van der Waals surface area contributed by atoms with E-state index in [1.165, 1.54) is 10.9 Å². The van der Waals surface area contributed by atoms with Crippen LogP contribution in [0.2, 0.25) is 0 Å². The highest BCUT2D eigenvalue weighted by Crippen LogP contribution is 2.30. The van der Waals surface area contributed by atoms with Gasteiger partial charge in [-0.1, -0.05) is 55.0 Å². The van der Waals surface area contributed by atoms with Crippen LogP contribution in [0, 0.1) is 0 Å². The Morgan fingerprint density at radius 1 is 1.13 bits per heavy atom. The number of H-pyrrole nitrogens is 1. The molecule has 0 saturated heterocycles. The first-order valence-corrected chi connectivity index (χ1v) is 8.65. The van der Waals surface area contributed by atoms with Gasteiger partial charge in [0.2, 0.25) is 0 Å². The van der Waals surface area contributed by atoms with E-state index in [2.05, 4.69) is 53.5 Å². The van der Waals surface area contributed by atoms with Crippen LogP contribution in [0.5, 0.6) is 0 Å². The average molecular weight is 323 g/mol. The van der Waals surface area contributed by atoms with E-state index in [1.807, 2.05) is 18.2 Å². The molecule has 0 unspecified atom stereocenters. The van der Waals surface area contributed by atoms with E-state index in [1.54, 1.807) is 11.8 Å². The normalized spacial score (nSPS) is 11.8. The SMILES string of the molecule is CC(C)c1noc2cc(CSc3n[nH]c4ccccc34)ccc12. The molecule has 0 bridgehead atoms. The zero-order valence-electron chi connectivity index (χ0n) is 13.0. The Hall–Kier alpha value is -2.27. The lowest BCUT2D eigenvalue weighted by molar-refractivity contribution is 0.441. The standard InChI is InChI=1S/C18H17N3OS/c1-11(2)17-14-8-7-12(9-16(14)22-21-17)10-23-18-13-5-3-4-6-15(13)19-20-18/h3-9,11H,10H2,1-2H3,(H,19,20). The Morgan fingerprint density at radius 2 is 2.00 bits per heavy atom. The smallest absolute Gasteiger partial charge is 0.167 e. The molecule has 4 aromatic rings. The fourth-order valence-electron chi connectivity index (χ4n) is 2.71. The average Bonchev–Trinajstić information content (AvgIpc) is 3.16. The van der Waals surface area contributed by atoms with E-state index in [0.717, 1.165) is 33.0 Å². The minimum Gasteiger partial charge on any atom is -0.356 e. The van der Waals surface area contributed by atoms with Crippen LogP contribution in [0.1, 0.15) is 31.0 Å². The molecular weight excluding hydrogens is 306 g/mol. The van der Waals surface area contributed by atoms with Gasteiger partial charge >= 0.3 is 0 Å². The van der Waals surface area contributed by atoms with Crippen molar-refractivity contribution < 1.29 is 4.52 Å². The first-order valence-electron chi connectivity index (χ1n) is 7.66. The molecule has 0 aliphatic rings. The summed E-state index contributed by atoms with van der Waals surface area (Å²) in [5, 5.41) is 15.0.